The van der Waals surface area contributed by atoms with E-state index in [-0.39, 0.29) is 23.6 Å². The van der Waals surface area contributed by atoms with E-state index in [2.05, 4.69) is 6.58 Å². The highest BCUT2D eigenvalue weighted by Crippen LogP contribution is 2.50. The van der Waals surface area contributed by atoms with Crippen molar-refractivity contribution in [3.05, 3.63) is 12.7 Å². The van der Waals surface area contributed by atoms with Crippen LogP contribution in [0.1, 0.15) is 25.7 Å². The molecule has 0 bridgehead atoms. The number of rotatable bonds is 2. The molecule has 3 nitrogen and oxygen atoms in total. The van der Waals surface area contributed by atoms with Crippen LogP contribution in [0.4, 0.5) is 0 Å². The molecule has 0 unspecified atom stereocenters. The summed E-state index contributed by atoms with van der Waals surface area (Å²) >= 11 is 0. The maximum Gasteiger partial charge on any atom is 0.314 e. The van der Waals surface area contributed by atoms with Gasteiger partial charge in [0.05, 0.1) is 24.7 Å². The first-order valence-electron chi connectivity index (χ1n) is 5.09. The molecule has 78 valence electrons. The monoisotopic (exact) mass is 196 g/mol. The van der Waals surface area contributed by atoms with Crippen molar-refractivity contribution in [2.75, 3.05) is 7.11 Å². The fourth-order valence-electron chi connectivity index (χ4n) is 2.75. The van der Waals surface area contributed by atoms with Crippen molar-refractivity contribution in [1.82, 2.24) is 0 Å². The van der Waals surface area contributed by atoms with E-state index in [1.165, 1.54) is 7.11 Å². The Kier molecular flexibility index (Phi) is 2.35. The van der Waals surface area contributed by atoms with Gasteiger partial charge in [0.1, 0.15) is 0 Å². The van der Waals surface area contributed by atoms with Gasteiger partial charge in [-0.1, -0.05) is 6.08 Å². The second kappa shape index (κ2) is 3.39. The number of hydrogen-bond acceptors (Lipinski definition) is 3. The minimum absolute atomic E-state index is 0.0272. The van der Waals surface area contributed by atoms with Gasteiger partial charge in [0.15, 0.2) is 0 Å². The molecule has 3 atom stereocenters. The Labute approximate surface area is 84.1 Å². The second-order valence-electron chi connectivity index (χ2n) is 4.14. The number of esters is 1. The second-order valence-corrected chi connectivity index (χ2v) is 4.14. The molecule has 1 aliphatic heterocycles. The van der Waals surface area contributed by atoms with Crippen LogP contribution in [0, 0.1) is 5.41 Å². The fraction of sp³-hybridized carbons (Fsp3) is 0.727. The Morgan fingerprint density at radius 3 is 3.14 bits per heavy atom. The molecule has 2 fully saturated rings. The van der Waals surface area contributed by atoms with Crippen LogP contribution in [0.15, 0.2) is 12.7 Å². The zero-order valence-corrected chi connectivity index (χ0v) is 8.49. The normalized spacial score (nSPS) is 40.6. The van der Waals surface area contributed by atoms with E-state index in [9.17, 15) is 4.79 Å². The van der Waals surface area contributed by atoms with Gasteiger partial charge in [-0.25, -0.2) is 0 Å². The van der Waals surface area contributed by atoms with Gasteiger partial charge in [0.25, 0.3) is 0 Å². The molecule has 0 amide bonds. The van der Waals surface area contributed by atoms with Crippen molar-refractivity contribution >= 4 is 5.97 Å². The van der Waals surface area contributed by atoms with Gasteiger partial charge in [-0.05, 0) is 25.7 Å². The zero-order chi connectivity index (χ0) is 10.2. The third-order valence-electron chi connectivity index (χ3n) is 3.46. The van der Waals surface area contributed by atoms with Gasteiger partial charge in [-0.3, -0.25) is 4.79 Å². The molecule has 3 heteroatoms. The van der Waals surface area contributed by atoms with Crippen LogP contribution in [0.3, 0.4) is 0 Å². The Morgan fingerprint density at radius 1 is 1.71 bits per heavy atom. The summed E-state index contributed by atoms with van der Waals surface area (Å²) in [6.45, 7) is 3.71. The van der Waals surface area contributed by atoms with Gasteiger partial charge in [-0.15, -0.1) is 6.58 Å². The van der Waals surface area contributed by atoms with Gasteiger partial charge in [0.2, 0.25) is 0 Å². The lowest BCUT2D eigenvalue weighted by molar-refractivity contribution is -0.154. The number of ether oxygens (including phenoxy) is 2. The van der Waals surface area contributed by atoms with Crippen LogP contribution in [0.5, 0.6) is 0 Å². The first-order valence-corrected chi connectivity index (χ1v) is 5.09. The number of carbonyl (C=O) groups excluding carboxylic acids is 1. The molecule has 1 aliphatic carbocycles. The molecule has 0 spiro atoms. The predicted octanol–water partition coefficient (Wildman–Crippen LogP) is 1.67. The summed E-state index contributed by atoms with van der Waals surface area (Å²) in [6, 6.07) is 0. The van der Waals surface area contributed by atoms with E-state index in [0.717, 1.165) is 25.7 Å². The predicted molar refractivity (Wildman–Crippen MR) is 51.8 cm³/mol. The van der Waals surface area contributed by atoms with Crippen LogP contribution in [0.25, 0.3) is 0 Å². The third kappa shape index (κ3) is 1.19. The number of methoxy groups -OCH3 is 1. The average molecular weight is 196 g/mol. The lowest BCUT2D eigenvalue weighted by Crippen LogP contribution is -2.35. The lowest BCUT2D eigenvalue weighted by Gasteiger charge is -2.23. The van der Waals surface area contributed by atoms with Gasteiger partial charge in [-0.2, -0.15) is 0 Å². The van der Waals surface area contributed by atoms with Gasteiger partial charge in [0, 0.05) is 0 Å². The first-order chi connectivity index (χ1) is 6.73. The molecule has 0 N–H and O–H groups in total. The molecule has 2 rings (SSSR count). The first kappa shape index (κ1) is 9.71. The fourth-order valence-corrected chi connectivity index (χ4v) is 2.75. The number of fused-ring (bicyclic) bond motifs is 1. The van der Waals surface area contributed by atoms with E-state index >= 15 is 0 Å². The van der Waals surface area contributed by atoms with Crippen molar-refractivity contribution in [2.45, 2.75) is 37.9 Å². The average Bonchev–Trinajstić information content (AvgIpc) is 2.72. The van der Waals surface area contributed by atoms with Crippen LogP contribution in [0.2, 0.25) is 0 Å². The Hall–Kier alpha value is -0.830. The molecule has 1 saturated carbocycles. The van der Waals surface area contributed by atoms with Gasteiger partial charge < -0.3 is 9.47 Å². The van der Waals surface area contributed by atoms with Crippen LogP contribution in [-0.4, -0.2) is 25.3 Å². The highest BCUT2D eigenvalue weighted by molar-refractivity contribution is 5.78. The van der Waals surface area contributed by atoms with Gasteiger partial charge >= 0.3 is 5.97 Å². The van der Waals surface area contributed by atoms with Crippen molar-refractivity contribution in [1.29, 1.82) is 0 Å². The van der Waals surface area contributed by atoms with E-state index in [1.54, 1.807) is 6.08 Å². The summed E-state index contributed by atoms with van der Waals surface area (Å²) in [6.07, 6.45) is 5.53. The number of carbonyl (C=O) groups is 1. The molecular formula is C11H16O3. The number of hydrogen-bond donors (Lipinski definition) is 0. The molecule has 1 saturated heterocycles. The summed E-state index contributed by atoms with van der Waals surface area (Å²) in [5.41, 5.74) is -0.367. The van der Waals surface area contributed by atoms with E-state index < -0.39 is 0 Å². The minimum Gasteiger partial charge on any atom is -0.469 e. The minimum atomic E-state index is -0.367. The molecule has 0 aromatic carbocycles. The summed E-state index contributed by atoms with van der Waals surface area (Å²) < 4.78 is 10.6. The summed E-state index contributed by atoms with van der Waals surface area (Å²) in [4.78, 5) is 11.7. The Balaban J connectivity index is 2.22. The van der Waals surface area contributed by atoms with E-state index in [1.807, 2.05) is 0 Å². The summed E-state index contributed by atoms with van der Waals surface area (Å²) in [7, 11) is 1.45. The maximum absolute atomic E-state index is 11.7. The van der Waals surface area contributed by atoms with Crippen molar-refractivity contribution < 1.29 is 14.3 Å². The van der Waals surface area contributed by atoms with E-state index in [0.29, 0.717) is 0 Å². The van der Waals surface area contributed by atoms with Crippen molar-refractivity contribution in [2.24, 2.45) is 5.41 Å². The molecule has 2 aliphatic rings. The topological polar surface area (TPSA) is 35.5 Å². The molecule has 0 radical (unpaired) electrons. The quantitative estimate of drug-likeness (QED) is 0.498. The Morgan fingerprint density at radius 2 is 2.50 bits per heavy atom. The molecule has 14 heavy (non-hydrogen) atoms. The lowest BCUT2D eigenvalue weighted by atomic mass is 9.81. The van der Waals surface area contributed by atoms with Crippen molar-refractivity contribution in [3.63, 3.8) is 0 Å². The third-order valence-corrected chi connectivity index (χ3v) is 3.46. The molecule has 0 aromatic heterocycles. The summed E-state index contributed by atoms with van der Waals surface area (Å²) in [5, 5.41) is 0. The molecular weight excluding hydrogens is 180 g/mol. The Bertz CT molecular complexity index is 261. The standard InChI is InChI=1S/C11H16O3/c1-3-8-7-11(10(12)13-2)6-4-5-9(11)14-8/h3,8-9H,1,4-7H2,2H3/t8-,9+,11-/m0/s1. The largest absolute Gasteiger partial charge is 0.469 e. The summed E-state index contributed by atoms with van der Waals surface area (Å²) in [5.74, 6) is -0.107. The van der Waals surface area contributed by atoms with Crippen LogP contribution < -0.4 is 0 Å². The molecule has 1 heterocycles. The van der Waals surface area contributed by atoms with Crippen molar-refractivity contribution in [3.8, 4) is 0 Å². The smallest absolute Gasteiger partial charge is 0.314 e. The van der Waals surface area contributed by atoms with Crippen LogP contribution >= 0.6 is 0 Å². The van der Waals surface area contributed by atoms with E-state index in [4.69, 9.17) is 9.47 Å². The zero-order valence-electron chi connectivity index (χ0n) is 8.49. The van der Waals surface area contributed by atoms with Crippen LogP contribution in [-0.2, 0) is 14.3 Å². The SMILES string of the molecule is C=C[C@H]1C[C@@]2(C(=O)OC)CCC[C@H]2O1. The maximum atomic E-state index is 11.7. The highest BCUT2D eigenvalue weighted by atomic mass is 16.5. The highest BCUT2D eigenvalue weighted by Gasteiger charge is 2.56. The molecule has 0 aromatic rings.